The molecule has 0 aliphatic heterocycles. The van der Waals surface area contributed by atoms with Gasteiger partial charge in [0.05, 0.1) is 5.69 Å². The van der Waals surface area contributed by atoms with Gasteiger partial charge >= 0.3 is 6.18 Å². The Labute approximate surface area is 128 Å². The zero-order valence-corrected chi connectivity index (χ0v) is 11.7. The van der Waals surface area contributed by atoms with Crippen LogP contribution in [0.2, 0.25) is 0 Å². The summed E-state index contributed by atoms with van der Waals surface area (Å²) in [4.78, 5) is 20.4. The van der Waals surface area contributed by atoms with Crippen molar-refractivity contribution in [1.29, 1.82) is 0 Å². The van der Waals surface area contributed by atoms with E-state index in [1.807, 2.05) is 0 Å². The van der Waals surface area contributed by atoms with Gasteiger partial charge in [-0.25, -0.2) is 4.98 Å². The minimum atomic E-state index is -4.37. The van der Waals surface area contributed by atoms with Crippen LogP contribution in [0.5, 0.6) is 0 Å². The van der Waals surface area contributed by atoms with Crippen molar-refractivity contribution in [2.45, 2.75) is 12.7 Å². The molecule has 0 bridgehead atoms. The highest BCUT2D eigenvalue weighted by molar-refractivity contribution is 5.59. The second kappa shape index (κ2) is 5.71. The van der Waals surface area contributed by atoms with Crippen molar-refractivity contribution < 1.29 is 13.2 Å². The second-order valence-electron chi connectivity index (χ2n) is 4.78. The lowest BCUT2D eigenvalue weighted by Crippen LogP contribution is -2.14. The highest BCUT2D eigenvalue weighted by Crippen LogP contribution is 2.17. The van der Waals surface area contributed by atoms with Gasteiger partial charge in [-0.1, -0.05) is 6.08 Å². The Kier molecular flexibility index (Phi) is 3.73. The molecule has 0 saturated carbocycles. The molecule has 5 nitrogen and oxygen atoms in total. The summed E-state index contributed by atoms with van der Waals surface area (Å²) in [6.07, 6.45) is 2.91. The first-order chi connectivity index (χ1) is 10.9. The van der Waals surface area contributed by atoms with Crippen molar-refractivity contribution in [2.75, 3.05) is 0 Å². The van der Waals surface area contributed by atoms with E-state index in [0.29, 0.717) is 11.3 Å². The fraction of sp³-hybridized carbons (Fsp3) is 0.133. The number of halogens is 3. The molecule has 3 aromatic rings. The van der Waals surface area contributed by atoms with Crippen LogP contribution < -0.4 is 5.56 Å². The smallest absolute Gasteiger partial charge is 0.313 e. The third kappa shape index (κ3) is 3.31. The summed E-state index contributed by atoms with van der Waals surface area (Å²) in [5.74, 6) is 0.274. The second-order valence-corrected chi connectivity index (χ2v) is 4.78. The van der Waals surface area contributed by atoms with E-state index in [2.05, 4.69) is 9.97 Å². The lowest BCUT2D eigenvalue weighted by Gasteiger charge is -2.04. The normalized spacial score (nSPS) is 12.3. The van der Waals surface area contributed by atoms with Gasteiger partial charge in [0.25, 0.3) is 5.56 Å². The van der Waals surface area contributed by atoms with Gasteiger partial charge in [-0.05, 0) is 12.1 Å². The topological polar surface area (TPSA) is 52.2 Å². The maximum atomic E-state index is 12.2. The number of imidazole rings is 1. The van der Waals surface area contributed by atoms with E-state index >= 15 is 0 Å². The van der Waals surface area contributed by atoms with Crippen LogP contribution in [0.25, 0.3) is 17.0 Å². The number of aromatic nitrogens is 4. The summed E-state index contributed by atoms with van der Waals surface area (Å²) in [6, 6.07) is 4.78. The van der Waals surface area contributed by atoms with Gasteiger partial charge in [0.15, 0.2) is 0 Å². The molecule has 0 amide bonds. The highest BCUT2D eigenvalue weighted by Gasteiger charge is 2.21. The highest BCUT2D eigenvalue weighted by atomic mass is 19.4. The SMILES string of the molecule is O=c1cc(-c2ccncc2)nc2n(CC=CC(F)(F)F)ccn12. The first-order valence-corrected chi connectivity index (χ1v) is 6.67. The molecule has 0 atom stereocenters. The number of allylic oxidation sites excluding steroid dienone is 2. The van der Waals surface area contributed by atoms with Crippen molar-refractivity contribution in [3.05, 3.63) is 65.5 Å². The fourth-order valence-corrected chi connectivity index (χ4v) is 2.15. The molecular weight excluding hydrogens is 309 g/mol. The standard InChI is InChI=1S/C15H11F3N4O/c16-15(17,18)4-1-7-21-8-9-22-13(23)10-12(20-14(21)22)11-2-5-19-6-3-11/h1-6,8-10H,7H2. The molecule has 0 saturated heterocycles. The third-order valence-corrected chi connectivity index (χ3v) is 3.17. The quantitative estimate of drug-likeness (QED) is 0.697. The Morgan fingerprint density at radius 2 is 1.91 bits per heavy atom. The first-order valence-electron chi connectivity index (χ1n) is 6.67. The van der Waals surface area contributed by atoms with Crippen molar-refractivity contribution in [2.24, 2.45) is 0 Å². The number of fused-ring (bicyclic) bond motifs is 1. The van der Waals surface area contributed by atoms with E-state index in [1.165, 1.54) is 27.4 Å². The van der Waals surface area contributed by atoms with Gasteiger partial charge in [0, 0.05) is 49.0 Å². The summed E-state index contributed by atoms with van der Waals surface area (Å²) in [7, 11) is 0. The minimum absolute atomic E-state index is 0.0394. The van der Waals surface area contributed by atoms with E-state index in [0.717, 1.165) is 6.08 Å². The number of nitrogens with zero attached hydrogens (tertiary/aromatic N) is 4. The molecule has 0 fully saturated rings. The average molecular weight is 320 g/mol. The number of hydrogen-bond donors (Lipinski definition) is 0. The molecular formula is C15H11F3N4O. The van der Waals surface area contributed by atoms with E-state index in [9.17, 15) is 18.0 Å². The van der Waals surface area contributed by atoms with Gasteiger partial charge in [-0.3, -0.25) is 14.2 Å². The van der Waals surface area contributed by atoms with Gasteiger partial charge in [0.2, 0.25) is 5.78 Å². The predicted molar refractivity (Wildman–Crippen MR) is 77.9 cm³/mol. The summed E-state index contributed by atoms with van der Waals surface area (Å²) in [5, 5.41) is 0. The number of alkyl halides is 3. The van der Waals surface area contributed by atoms with Crippen LogP contribution in [0.1, 0.15) is 0 Å². The number of rotatable bonds is 3. The van der Waals surface area contributed by atoms with E-state index in [1.54, 1.807) is 24.5 Å². The molecule has 0 unspecified atom stereocenters. The zero-order valence-electron chi connectivity index (χ0n) is 11.7. The molecule has 3 heterocycles. The molecule has 0 aliphatic carbocycles. The Balaban J connectivity index is 2.03. The maximum Gasteiger partial charge on any atom is 0.409 e. The molecule has 3 aromatic heterocycles. The molecule has 0 aliphatic rings. The van der Waals surface area contributed by atoms with Crippen molar-refractivity contribution in [1.82, 2.24) is 18.9 Å². The van der Waals surface area contributed by atoms with Crippen LogP contribution in [0, 0.1) is 0 Å². The van der Waals surface area contributed by atoms with Crippen LogP contribution in [-0.2, 0) is 6.54 Å². The number of hydrogen-bond acceptors (Lipinski definition) is 3. The monoisotopic (exact) mass is 320 g/mol. The largest absolute Gasteiger partial charge is 0.409 e. The average Bonchev–Trinajstić information content (AvgIpc) is 2.91. The molecule has 8 heteroatoms. The lowest BCUT2D eigenvalue weighted by molar-refractivity contribution is -0.0800. The first kappa shape index (κ1) is 15.0. The third-order valence-electron chi connectivity index (χ3n) is 3.17. The molecule has 118 valence electrons. The summed E-state index contributed by atoms with van der Waals surface area (Å²) >= 11 is 0. The van der Waals surface area contributed by atoms with E-state index in [4.69, 9.17) is 0 Å². The Hall–Kier alpha value is -2.90. The summed E-state index contributed by atoms with van der Waals surface area (Å²) in [6.45, 7) is -0.0394. The zero-order chi connectivity index (χ0) is 16.4. The maximum absolute atomic E-state index is 12.2. The summed E-state index contributed by atoms with van der Waals surface area (Å²) < 4.78 is 39.3. The lowest BCUT2D eigenvalue weighted by atomic mass is 10.2. The molecule has 0 spiro atoms. The predicted octanol–water partition coefficient (Wildman–Crippen LogP) is 2.68. The van der Waals surface area contributed by atoms with Crippen molar-refractivity contribution >= 4 is 5.78 Å². The van der Waals surface area contributed by atoms with Crippen LogP contribution in [0.3, 0.4) is 0 Å². The van der Waals surface area contributed by atoms with Crippen molar-refractivity contribution in [3.8, 4) is 11.3 Å². The van der Waals surface area contributed by atoms with Gasteiger partial charge in [-0.15, -0.1) is 0 Å². The minimum Gasteiger partial charge on any atom is -0.313 e. The molecule has 3 rings (SSSR count). The van der Waals surface area contributed by atoms with Gasteiger partial charge in [0.1, 0.15) is 0 Å². The van der Waals surface area contributed by atoms with Gasteiger partial charge in [-0.2, -0.15) is 13.2 Å². The van der Waals surface area contributed by atoms with Crippen LogP contribution in [0.15, 0.2) is 59.9 Å². The Morgan fingerprint density at radius 3 is 2.61 bits per heavy atom. The molecule has 0 N–H and O–H groups in total. The number of pyridine rings is 1. The van der Waals surface area contributed by atoms with Crippen LogP contribution >= 0.6 is 0 Å². The van der Waals surface area contributed by atoms with Gasteiger partial charge < -0.3 is 4.57 Å². The van der Waals surface area contributed by atoms with Crippen LogP contribution in [-0.4, -0.2) is 25.1 Å². The molecule has 23 heavy (non-hydrogen) atoms. The Morgan fingerprint density at radius 1 is 1.17 bits per heavy atom. The summed E-state index contributed by atoms with van der Waals surface area (Å²) in [5.41, 5.74) is 0.843. The molecule has 0 radical (unpaired) electrons. The fourth-order valence-electron chi connectivity index (χ4n) is 2.15. The Bertz CT molecular complexity index is 910. The van der Waals surface area contributed by atoms with E-state index in [-0.39, 0.29) is 24.0 Å². The van der Waals surface area contributed by atoms with Crippen molar-refractivity contribution in [3.63, 3.8) is 0 Å². The molecule has 0 aromatic carbocycles. The van der Waals surface area contributed by atoms with Crippen LogP contribution in [0.4, 0.5) is 13.2 Å². The van der Waals surface area contributed by atoms with E-state index < -0.39 is 6.18 Å².